The van der Waals surface area contributed by atoms with Crippen molar-refractivity contribution < 1.29 is 9.53 Å². The SMILES string of the molecule is CC(=O)c1sc2nc(NC3CC3)nc(-c3ccccc3OCc3ccccc3)c2c1N. The van der Waals surface area contributed by atoms with Gasteiger partial charge in [-0.3, -0.25) is 4.79 Å². The van der Waals surface area contributed by atoms with E-state index in [1.807, 2.05) is 54.6 Å². The Labute approximate surface area is 184 Å². The number of anilines is 2. The summed E-state index contributed by atoms with van der Waals surface area (Å²) in [5, 5.41) is 4.07. The number of para-hydroxylation sites is 1. The van der Waals surface area contributed by atoms with E-state index in [0.29, 0.717) is 50.8 Å². The molecule has 0 radical (unpaired) electrons. The lowest BCUT2D eigenvalue weighted by molar-refractivity contribution is 0.102. The minimum atomic E-state index is -0.0724. The number of thiophene rings is 1. The van der Waals surface area contributed by atoms with Gasteiger partial charge < -0.3 is 15.8 Å². The van der Waals surface area contributed by atoms with Gasteiger partial charge in [0.15, 0.2) is 5.78 Å². The second kappa shape index (κ2) is 8.00. The van der Waals surface area contributed by atoms with Crippen molar-refractivity contribution in [3.8, 4) is 17.0 Å². The quantitative estimate of drug-likeness (QED) is 0.387. The summed E-state index contributed by atoms with van der Waals surface area (Å²) in [7, 11) is 0. The third-order valence-corrected chi connectivity index (χ3v) is 6.40. The van der Waals surface area contributed by atoms with Gasteiger partial charge in [-0.25, -0.2) is 9.97 Å². The zero-order valence-corrected chi connectivity index (χ0v) is 17.9. The van der Waals surface area contributed by atoms with Gasteiger partial charge in [-0.05, 0) is 30.5 Å². The lowest BCUT2D eigenvalue weighted by Gasteiger charge is -2.13. The molecule has 7 heteroatoms. The van der Waals surface area contributed by atoms with Crippen LogP contribution in [-0.2, 0) is 6.61 Å². The van der Waals surface area contributed by atoms with Crippen molar-refractivity contribution in [2.24, 2.45) is 0 Å². The molecule has 0 amide bonds. The van der Waals surface area contributed by atoms with Crippen LogP contribution in [0.5, 0.6) is 5.75 Å². The maximum absolute atomic E-state index is 12.1. The number of aromatic nitrogens is 2. The number of nitrogens with zero attached hydrogens (tertiary/aromatic N) is 2. The first-order chi connectivity index (χ1) is 15.1. The van der Waals surface area contributed by atoms with Gasteiger partial charge in [0.25, 0.3) is 0 Å². The number of carbonyl (C=O) groups excluding carboxylic acids is 1. The number of Topliss-reactive ketones (excluding diaryl/α,β-unsaturated/α-hetero) is 1. The molecule has 4 aromatic rings. The highest BCUT2D eigenvalue weighted by Crippen LogP contribution is 2.42. The number of benzene rings is 2. The van der Waals surface area contributed by atoms with Gasteiger partial charge in [0, 0.05) is 18.5 Å². The highest BCUT2D eigenvalue weighted by molar-refractivity contribution is 7.21. The first kappa shape index (κ1) is 19.5. The molecule has 3 N–H and O–H groups in total. The molecule has 1 aliphatic rings. The molecule has 0 aliphatic heterocycles. The molecule has 6 nitrogen and oxygen atoms in total. The van der Waals surface area contributed by atoms with E-state index in [1.54, 1.807) is 0 Å². The molecule has 0 atom stereocenters. The van der Waals surface area contributed by atoms with Crippen molar-refractivity contribution in [3.05, 3.63) is 65.0 Å². The molecule has 1 aliphatic carbocycles. The van der Waals surface area contributed by atoms with Gasteiger partial charge in [0.1, 0.15) is 17.2 Å². The van der Waals surface area contributed by atoms with Crippen LogP contribution in [0.4, 0.5) is 11.6 Å². The zero-order valence-electron chi connectivity index (χ0n) is 17.1. The Hall–Kier alpha value is -3.45. The first-order valence-electron chi connectivity index (χ1n) is 10.2. The summed E-state index contributed by atoms with van der Waals surface area (Å²) >= 11 is 1.31. The molecule has 0 saturated heterocycles. The highest BCUT2D eigenvalue weighted by atomic mass is 32.1. The number of ketones is 1. The maximum Gasteiger partial charge on any atom is 0.224 e. The molecule has 0 unspecified atom stereocenters. The predicted molar refractivity (Wildman–Crippen MR) is 125 cm³/mol. The number of nitrogen functional groups attached to an aromatic ring is 1. The minimum absolute atomic E-state index is 0.0724. The van der Waals surface area contributed by atoms with Gasteiger partial charge in [0.05, 0.1) is 21.6 Å². The van der Waals surface area contributed by atoms with Gasteiger partial charge >= 0.3 is 0 Å². The first-order valence-corrected chi connectivity index (χ1v) is 11.1. The molecule has 31 heavy (non-hydrogen) atoms. The fraction of sp³-hybridized carbons (Fsp3) is 0.208. The van der Waals surface area contributed by atoms with E-state index in [2.05, 4.69) is 10.3 Å². The standard InChI is InChI=1S/C24H22N4O2S/c1-14(29)22-20(25)19-21(27-24(26-16-11-12-16)28-23(19)31-22)17-9-5-6-10-18(17)30-13-15-7-3-2-4-8-15/h2-10,16H,11-13,25H2,1H3,(H,26,27,28). The summed E-state index contributed by atoms with van der Waals surface area (Å²) in [5.41, 5.74) is 9.42. The Kier molecular flexibility index (Phi) is 5.03. The van der Waals surface area contributed by atoms with Crippen LogP contribution in [0.2, 0.25) is 0 Å². The molecule has 5 rings (SSSR count). The van der Waals surface area contributed by atoms with Crippen molar-refractivity contribution in [1.82, 2.24) is 9.97 Å². The fourth-order valence-corrected chi connectivity index (χ4v) is 4.47. The molecule has 1 saturated carbocycles. The molecule has 2 aromatic carbocycles. The topological polar surface area (TPSA) is 90.1 Å². The van der Waals surface area contributed by atoms with Crippen LogP contribution < -0.4 is 15.8 Å². The highest BCUT2D eigenvalue weighted by Gasteiger charge is 2.25. The van der Waals surface area contributed by atoms with Crippen LogP contribution in [0.25, 0.3) is 21.5 Å². The molecule has 1 fully saturated rings. The molecule has 0 spiro atoms. The third-order valence-electron chi connectivity index (χ3n) is 5.20. The van der Waals surface area contributed by atoms with Gasteiger partial charge in [-0.2, -0.15) is 0 Å². The smallest absolute Gasteiger partial charge is 0.224 e. The molecule has 2 heterocycles. The van der Waals surface area contributed by atoms with Crippen LogP contribution >= 0.6 is 11.3 Å². The largest absolute Gasteiger partial charge is 0.488 e. The summed E-state index contributed by atoms with van der Waals surface area (Å²) in [6, 6.07) is 18.2. The van der Waals surface area contributed by atoms with E-state index < -0.39 is 0 Å². The molecule has 0 bridgehead atoms. The number of nitrogens with two attached hydrogens (primary N) is 1. The van der Waals surface area contributed by atoms with Crippen LogP contribution in [0.3, 0.4) is 0 Å². The number of rotatable bonds is 7. The maximum atomic E-state index is 12.1. The summed E-state index contributed by atoms with van der Waals surface area (Å²) < 4.78 is 6.17. The Balaban J connectivity index is 1.62. The Morgan fingerprint density at radius 3 is 2.61 bits per heavy atom. The van der Waals surface area contributed by atoms with Crippen molar-refractivity contribution in [3.63, 3.8) is 0 Å². The Morgan fingerprint density at radius 1 is 1.13 bits per heavy atom. The van der Waals surface area contributed by atoms with E-state index in [1.165, 1.54) is 18.3 Å². The second-order valence-electron chi connectivity index (χ2n) is 7.67. The summed E-state index contributed by atoms with van der Waals surface area (Å²) in [6.45, 7) is 1.96. The Morgan fingerprint density at radius 2 is 1.87 bits per heavy atom. The summed E-state index contributed by atoms with van der Waals surface area (Å²) in [6.07, 6.45) is 2.22. The van der Waals surface area contributed by atoms with Crippen molar-refractivity contribution in [2.75, 3.05) is 11.1 Å². The molecular weight excluding hydrogens is 408 g/mol. The van der Waals surface area contributed by atoms with Crippen molar-refractivity contribution in [1.29, 1.82) is 0 Å². The number of hydrogen-bond donors (Lipinski definition) is 2. The van der Waals surface area contributed by atoms with E-state index >= 15 is 0 Å². The normalized spacial score (nSPS) is 13.3. The van der Waals surface area contributed by atoms with E-state index in [0.717, 1.165) is 24.0 Å². The lowest BCUT2D eigenvalue weighted by Crippen LogP contribution is -2.06. The van der Waals surface area contributed by atoms with Crippen LogP contribution in [0.1, 0.15) is 35.0 Å². The van der Waals surface area contributed by atoms with Crippen LogP contribution in [0.15, 0.2) is 54.6 Å². The van der Waals surface area contributed by atoms with Crippen LogP contribution in [-0.4, -0.2) is 21.8 Å². The lowest BCUT2D eigenvalue weighted by atomic mass is 10.1. The number of ether oxygens (including phenoxy) is 1. The zero-order chi connectivity index (χ0) is 21.4. The van der Waals surface area contributed by atoms with Gasteiger partial charge in [0.2, 0.25) is 5.95 Å². The summed E-state index contributed by atoms with van der Waals surface area (Å²) in [5.74, 6) is 1.19. The minimum Gasteiger partial charge on any atom is -0.488 e. The van der Waals surface area contributed by atoms with Gasteiger partial charge in [-0.1, -0.05) is 42.5 Å². The van der Waals surface area contributed by atoms with Crippen molar-refractivity contribution >= 4 is 39.0 Å². The molecular formula is C24H22N4O2S. The fourth-order valence-electron chi connectivity index (χ4n) is 3.48. The number of nitrogens with one attached hydrogen (secondary N) is 1. The number of carbonyl (C=O) groups is 1. The van der Waals surface area contributed by atoms with E-state index in [-0.39, 0.29) is 5.78 Å². The third kappa shape index (κ3) is 3.96. The Bertz CT molecular complexity index is 1270. The van der Waals surface area contributed by atoms with E-state index in [4.69, 9.17) is 15.5 Å². The van der Waals surface area contributed by atoms with Gasteiger partial charge in [-0.15, -0.1) is 11.3 Å². The summed E-state index contributed by atoms with van der Waals surface area (Å²) in [4.78, 5) is 22.8. The molecule has 156 valence electrons. The molecule has 2 aromatic heterocycles. The number of hydrogen-bond acceptors (Lipinski definition) is 7. The average Bonchev–Trinajstić information content (AvgIpc) is 3.53. The number of fused-ring (bicyclic) bond motifs is 1. The van der Waals surface area contributed by atoms with Crippen LogP contribution in [0, 0.1) is 0 Å². The average molecular weight is 431 g/mol. The van der Waals surface area contributed by atoms with Crippen molar-refractivity contribution in [2.45, 2.75) is 32.4 Å². The monoisotopic (exact) mass is 430 g/mol. The van der Waals surface area contributed by atoms with E-state index in [9.17, 15) is 4.79 Å². The predicted octanol–water partition coefficient (Wildman–Crippen LogP) is 5.30. The second-order valence-corrected chi connectivity index (χ2v) is 8.67.